The van der Waals surface area contributed by atoms with Gasteiger partial charge in [0, 0.05) is 29.5 Å². The summed E-state index contributed by atoms with van der Waals surface area (Å²) in [5.74, 6) is 0. The van der Waals surface area contributed by atoms with Crippen LogP contribution in [0.1, 0.15) is 0 Å². The van der Waals surface area contributed by atoms with Gasteiger partial charge >= 0.3 is 0 Å². The number of hydrogen-bond donors (Lipinski definition) is 0. The van der Waals surface area contributed by atoms with Crippen molar-refractivity contribution in [2.45, 2.75) is 0 Å². The van der Waals surface area contributed by atoms with E-state index < -0.39 is 0 Å². The van der Waals surface area contributed by atoms with Crippen LogP contribution in [-0.4, -0.2) is 7.05 Å². The summed E-state index contributed by atoms with van der Waals surface area (Å²) in [4.78, 5) is 2.32. The largest absolute Gasteiger partial charge is 0.344 e. The molecule has 4 aromatic rings. The van der Waals surface area contributed by atoms with Crippen LogP contribution in [0, 0.1) is 0 Å². The number of para-hydroxylation sites is 1. The smallest absolute Gasteiger partial charge is 0.0494 e. The molecule has 114 valence electrons. The van der Waals surface area contributed by atoms with E-state index in [1.165, 1.54) is 44.4 Å². The predicted molar refractivity (Wildman–Crippen MR) is 103 cm³/mol. The monoisotopic (exact) mass is 307 g/mol. The van der Waals surface area contributed by atoms with Crippen LogP contribution in [0.5, 0.6) is 0 Å². The van der Waals surface area contributed by atoms with Crippen LogP contribution in [0.25, 0.3) is 33.0 Å². The fourth-order valence-corrected chi connectivity index (χ4v) is 3.80. The van der Waals surface area contributed by atoms with Gasteiger partial charge in [0.25, 0.3) is 0 Å². The Morgan fingerprint density at radius 2 is 1.04 bits per heavy atom. The van der Waals surface area contributed by atoms with Gasteiger partial charge in [0.1, 0.15) is 0 Å². The number of rotatable bonds is 0. The average Bonchev–Trinajstić information content (AvgIpc) is 2.75. The molecule has 24 heavy (non-hydrogen) atoms. The van der Waals surface area contributed by atoms with Crippen molar-refractivity contribution in [1.82, 2.24) is 0 Å². The summed E-state index contributed by atoms with van der Waals surface area (Å²) in [6, 6.07) is 30.6. The summed E-state index contributed by atoms with van der Waals surface area (Å²) in [5.41, 5.74) is 7.69. The lowest BCUT2D eigenvalue weighted by atomic mass is 9.93. The Morgan fingerprint density at radius 1 is 0.500 bits per heavy atom. The Kier molecular flexibility index (Phi) is 2.77. The van der Waals surface area contributed by atoms with Gasteiger partial charge in [-0.05, 0) is 40.1 Å². The highest BCUT2D eigenvalue weighted by atomic mass is 15.1. The zero-order valence-electron chi connectivity index (χ0n) is 13.5. The molecule has 0 saturated heterocycles. The maximum Gasteiger partial charge on any atom is 0.0494 e. The van der Waals surface area contributed by atoms with Gasteiger partial charge < -0.3 is 4.90 Å². The van der Waals surface area contributed by atoms with Crippen molar-refractivity contribution in [1.29, 1.82) is 0 Å². The molecule has 0 fully saturated rings. The Labute approximate surface area is 141 Å². The van der Waals surface area contributed by atoms with Gasteiger partial charge in [-0.15, -0.1) is 0 Å². The molecule has 0 N–H and O–H groups in total. The van der Waals surface area contributed by atoms with Crippen molar-refractivity contribution in [3.63, 3.8) is 0 Å². The van der Waals surface area contributed by atoms with E-state index in [1.807, 2.05) is 0 Å². The maximum absolute atomic E-state index is 2.33. The van der Waals surface area contributed by atoms with Gasteiger partial charge in [-0.1, -0.05) is 66.7 Å². The van der Waals surface area contributed by atoms with E-state index in [0.717, 1.165) is 0 Å². The van der Waals surface area contributed by atoms with E-state index >= 15 is 0 Å². The van der Waals surface area contributed by atoms with E-state index in [9.17, 15) is 0 Å². The third-order valence-electron chi connectivity index (χ3n) is 5.00. The van der Waals surface area contributed by atoms with Crippen LogP contribution in [0.4, 0.5) is 11.4 Å². The second kappa shape index (κ2) is 4.97. The van der Waals surface area contributed by atoms with Crippen LogP contribution in [0.15, 0.2) is 84.9 Å². The molecular formula is C23H17N. The first-order chi connectivity index (χ1) is 11.8. The maximum atomic E-state index is 2.33. The van der Waals surface area contributed by atoms with Gasteiger partial charge in [-0.25, -0.2) is 0 Å². The van der Waals surface area contributed by atoms with Crippen LogP contribution in [0.2, 0.25) is 0 Å². The first-order valence-electron chi connectivity index (χ1n) is 8.28. The van der Waals surface area contributed by atoms with Crippen LogP contribution in [0.3, 0.4) is 0 Å². The van der Waals surface area contributed by atoms with Crippen molar-refractivity contribution in [3.8, 4) is 22.3 Å². The summed E-state index contributed by atoms with van der Waals surface area (Å²) in [7, 11) is 2.16. The molecule has 0 radical (unpaired) electrons. The second-order valence-corrected chi connectivity index (χ2v) is 6.34. The predicted octanol–water partition coefficient (Wildman–Crippen LogP) is 6.26. The zero-order valence-corrected chi connectivity index (χ0v) is 13.5. The lowest BCUT2D eigenvalue weighted by Crippen LogP contribution is -2.10. The molecule has 0 amide bonds. The quantitative estimate of drug-likeness (QED) is 0.371. The van der Waals surface area contributed by atoms with E-state index in [2.05, 4.69) is 96.9 Å². The summed E-state index contributed by atoms with van der Waals surface area (Å²) < 4.78 is 0. The van der Waals surface area contributed by atoms with Crippen molar-refractivity contribution in [3.05, 3.63) is 84.9 Å². The Bertz CT molecular complexity index is 1080. The van der Waals surface area contributed by atoms with Crippen molar-refractivity contribution >= 4 is 22.1 Å². The minimum atomic E-state index is 1.25. The molecule has 0 unspecified atom stereocenters. The van der Waals surface area contributed by atoms with E-state index in [4.69, 9.17) is 0 Å². The summed E-state index contributed by atoms with van der Waals surface area (Å²) in [6.45, 7) is 0. The minimum Gasteiger partial charge on any atom is -0.344 e. The van der Waals surface area contributed by atoms with Crippen molar-refractivity contribution in [2.75, 3.05) is 11.9 Å². The van der Waals surface area contributed by atoms with Gasteiger partial charge in [0.05, 0.1) is 0 Å². The van der Waals surface area contributed by atoms with Gasteiger partial charge in [0.2, 0.25) is 0 Å². The Morgan fingerprint density at radius 3 is 1.79 bits per heavy atom. The van der Waals surface area contributed by atoms with Crippen LogP contribution in [-0.2, 0) is 0 Å². The highest BCUT2D eigenvalue weighted by Gasteiger charge is 2.22. The lowest BCUT2D eigenvalue weighted by molar-refractivity contribution is 1.22. The van der Waals surface area contributed by atoms with Crippen LogP contribution < -0.4 is 4.90 Å². The molecule has 0 spiro atoms. The third-order valence-corrected chi connectivity index (χ3v) is 5.00. The molecular weight excluding hydrogens is 290 g/mol. The number of benzene rings is 4. The fourth-order valence-electron chi connectivity index (χ4n) is 3.80. The van der Waals surface area contributed by atoms with Gasteiger partial charge in [-0.3, -0.25) is 0 Å². The fraction of sp³-hybridized carbons (Fsp3) is 0.0435. The molecule has 0 saturated carbocycles. The zero-order chi connectivity index (χ0) is 16.1. The molecule has 0 aliphatic carbocycles. The standard InChI is InChI=1S/C23H17N/c1-24-22-13-7-6-12-20(22)18-10-4-5-11-19(18)21-14-16-8-2-3-9-17(16)15-23(21)24/h2-15H,1H3. The molecule has 5 rings (SSSR count). The summed E-state index contributed by atoms with van der Waals surface area (Å²) >= 11 is 0. The molecule has 0 atom stereocenters. The average molecular weight is 307 g/mol. The lowest BCUT2D eigenvalue weighted by Gasteiger charge is -2.22. The van der Waals surface area contributed by atoms with E-state index in [1.54, 1.807) is 0 Å². The molecule has 0 aromatic heterocycles. The van der Waals surface area contributed by atoms with Crippen molar-refractivity contribution in [2.24, 2.45) is 0 Å². The number of hydrogen-bond acceptors (Lipinski definition) is 1. The van der Waals surface area contributed by atoms with Crippen molar-refractivity contribution < 1.29 is 0 Å². The molecule has 1 nitrogen and oxygen atoms in total. The number of fused-ring (bicyclic) bond motifs is 6. The highest BCUT2D eigenvalue weighted by molar-refractivity contribution is 6.03. The van der Waals surface area contributed by atoms with Crippen LogP contribution >= 0.6 is 0 Å². The van der Waals surface area contributed by atoms with E-state index in [-0.39, 0.29) is 0 Å². The highest BCUT2D eigenvalue weighted by Crippen LogP contribution is 2.47. The molecule has 1 heterocycles. The molecule has 0 bridgehead atoms. The van der Waals surface area contributed by atoms with Gasteiger partial charge in [0.15, 0.2) is 0 Å². The normalized spacial score (nSPS) is 12.3. The molecule has 4 aromatic carbocycles. The molecule has 1 aliphatic heterocycles. The third kappa shape index (κ3) is 1.82. The second-order valence-electron chi connectivity index (χ2n) is 6.34. The minimum absolute atomic E-state index is 1.25. The number of nitrogens with zero attached hydrogens (tertiary/aromatic N) is 1. The Balaban J connectivity index is 1.95. The Hall–Kier alpha value is -3.06. The first-order valence-corrected chi connectivity index (χ1v) is 8.28. The summed E-state index contributed by atoms with van der Waals surface area (Å²) in [6.07, 6.45) is 0. The number of anilines is 2. The topological polar surface area (TPSA) is 3.24 Å². The molecule has 1 heteroatoms. The SMILES string of the molecule is CN1c2ccccc2-c2ccccc2-c2cc3ccccc3cc21. The first kappa shape index (κ1) is 13.4. The van der Waals surface area contributed by atoms with Gasteiger partial charge in [-0.2, -0.15) is 0 Å². The van der Waals surface area contributed by atoms with E-state index in [0.29, 0.717) is 0 Å². The summed E-state index contributed by atoms with van der Waals surface area (Å²) in [5, 5.41) is 2.56. The molecule has 1 aliphatic rings.